The lowest BCUT2D eigenvalue weighted by Gasteiger charge is -2.15. The van der Waals surface area contributed by atoms with Crippen molar-refractivity contribution in [1.29, 1.82) is 0 Å². The SMILES string of the molecule is Cc1[nH]ncc1S(=O)(=O)NC(C)c1ccccc1Br. The van der Waals surface area contributed by atoms with E-state index in [2.05, 4.69) is 30.8 Å². The molecule has 0 radical (unpaired) electrons. The van der Waals surface area contributed by atoms with E-state index in [1.165, 1.54) is 6.20 Å². The van der Waals surface area contributed by atoms with Crippen molar-refractivity contribution in [2.75, 3.05) is 0 Å². The molecule has 0 amide bonds. The summed E-state index contributed by atoms with van der Waals surface area (Å²) in [6.07, 6.45) is 1.31. The third-order valence-electron chi connectivity index (χ3n) is 2.78. The van der Waals surface area contributed by atoms with E-state index in [9.17, 15) is 8.42 Å². The smallest absolute Gasteiger partial charge is 0.244 e. The normalized spacial score (nSPS) is 13.4. The Balaban J connectivity index is 2.27. The van der Waals surface area contributed by atoms with Crippen LogP contribution in [0.15, 0.2) is 39.8 Å². The molecule has 0 aliphatic carbocycles. The number of nitrogens with one attached hydrogen (secondary N) is 2. The highest BCUT2D eigenvalue weighted by molar-refractivity contribution is 9.10. The average Bonchev–Trinajstić information content (AvgIpc) is 2.76. The summed E-state index contributed by atoms with van der Waals surface area (Å²) >= 11 is 3.41. The predicted molar refractivity (Wildman–Crippen MR) is 76.2 cm³/mol. The molecular formula is C12H14BrN3O2S. The van der Waals surface area contributed by atoms with Crippen molar-refractivity contribution in [3.8, 4) is 0 Å². The van der Waals surface area contributed by atoms with Crippen molar-refractivity contribution in [2.24, 2.45) is 0 Å². The number of benzene rings is 1. The van der Waals surface area contributed by atoms with E-state index >= 15 is 0 Å². The van der Waals surface area contributed by atoms with Crippen molar-refractivity contribution in [3.05, 3.63) is 46.2 Å². The fourth-order valence-electron chi connectivity index (χ4n) is 1.80. The standard InChI is InChI=1S/C12H14BrN3O2S/c1-8(10-5-3-4-6-11(10)13)16-19(17,18)12-7-14-15-9(12)2/h3-8,16H,1-2H3,(H,14,15). The molecule has 1 aromatic carbocycles. The van der Waals surface area contributed by atoms with Gasteiger partial charge in [-0.3, -0.25) is 5.10 Å². The number of halogens is 1. The molecule has 7 heteroatoms. The minimum atomic E-state index is -3.58. The second-order valence-electron chi connectivity index (χ2n) is 4.22. The number of H-pyrrole nitrogens is 1. The summed E-state index contributed by atoms with van der Waals surface area (Å²) in [6, 6.07) is 7.17. The number of hydrogen-bond donors (Lipinski definition) is 2. The molecular weight excluding hydrogens is 330 g/mol. The summed E-state index contributed by atoms with van der Waals surface area (Å²) in [7, 11) is -3.58. The summed E-state index contributed by atoms with van der Waals surface area (Å²) in [6.45, 7) is 3.47. The van der Waals surface area contributed by atoms with Gasteiger partial charge in [-0.1, -0.05) is 34.1 Å². The van der Waals surface area contributed by atoms with Crippen molar-refractivity contribution in [1.82, 2.24) is 14.9 Å². The fraction of sp³-hybridized carbons (Fsp3) is 0.250. The molecule has 0 saturated carbocycles. The largest absolute Gasteiger partial charge is 0.281 e. The van der Waals surface area contributed by atoms with E-state index in [0.29, 0.717) is 5.69 Å². The molecule has 2 aromatic rings. The van der Waals surface area contributed by atoms with Gasteiger partial charge in [0.05, 0.1) is 11.9 Å². The van der Waals surface area contributed by atoms with E-state index in [-0.39, 0.29) is 10.9 Å². The quantitative estimate of drug-likeness (QED) is 0.895. The first-order chi connectivity index (χ1) is 8.92. The van der Waals surface area contributed by atoms with Gasteiger partial charge in [0.2, 0.25) is 10.0 Å². The monoisotopic (exact) mass is 343 g/mol. The van der Waals surface area contributed by atoms with Crippen molar-refractivity contribution in [2.45, 2.75) is 24.8 Å². The number of aromatic amines is 1. The summed E-state index contributed by atoms with van der Waals surface area (Å²) in [5, 5.41) is 6.35. The highest BCUT2D eigenvalue weighted by atomic mass is 79.9. The summed E-state index contributed by atoms with van der Waals surface area (Å²) < 4.78 is 28.0. The summed E-state index contributed by atoms with van der Waals surface area (Å²) in [5.74, 6) is 0. The van der Waals surface area contributed by atoms with Gasteiger partial charge >= 0.3 is 0 Å². The van der Waals surface area contributed by atoms with Gasteiger partial charge in [0.25, 0.3) is 0 Å². The van der Waals surface area contributed by atoms with Gasteiger partial charge in [0.1, 0.15) is 4.90 Å². The predicted octanol–water partition coefficient (Wildman–Crippen LogP) is 2.52. The van der Waals surface area contributed by atoms with Crippen LogP contribution < -0.4 is 4.72 Å². The molecule has 1 unspecified atom stereocenters. The Morgan fingerprint density at radius 1 is 1.37 bits per heavy atom. The molecule has 5 nitrogen and oxygen atoms in total. The maximum absolute atomic E-state index is 12.2. The van der Waals surface area contributed by atoms with Crippen molar-refractivity contribution in [3.63, 3.8) is 0 Å². The molecule has 1 aromatic heterocycles. The molecule has 0 aliphatic rings. The maximum atomic E-state index is 12.2. The number of rotatable bonds is 4. The van der Waals surface area contributed by atoms with Crippen LogP contribution >= 0.6 is 15.9 Å². The number of sulfonamides is 1. The molecule has 2 rings (SSSR count). The van der Waals surface area contributed by atoms with Crippen LogP contribution in [0.5, 0.6) is 0 Å². The van der Waals surface area contributed by atoms with Crippen LogP contribution in [0.4, 0.5) is 0 Å². The minimum Gasteiger partial charge on any atom is -0.281 e. The number of nitrogens with zero attached hydrogens (tertiary/aromatic N) is 1. The zero-order valence-electron chi connectivity index (χ0n) is 10.5. The van der Waals surface area contributed by atoms with Crippen molar-refractivity contribution < 1.29 is 8.42 Å². The second kappa shape index (κ2) is 5.44. The summed E-state index contributed by atoms with van der Waals surface area (Å²) in [4.78, 5) is 0.173. The number of hydrogen-bond acceptors (Lipinski definition) is 3. The molecule has 0 bridgehead atoms. The Bertz CT molecular complexity index is 682. The molecule has 0 saturated heterocycles. The highest BCUT2D eigenvalue weighted by Gasteiger charge is 2.22. The highest BCUT2D eigenvalue weighted by Crippen LogP contribution is 2.24. The lowest BCUT2D eigenvalue weighted by molar-refractivity contribution is 0.566. The molecule has 19 heavy (non-hydrogen) atoms. The average molecular weight is 344 g/mol. The van der Waals surface area contributed by atoms with E-state index in [0.717, 1.165) is 10.0 Å². The van der Waals surface area contributed by atoms with Gasteiger partial charge in [-0.2, -0.15) is 5.10 Å². The number of aromatic nitrogens is 2. The second-order valence-corrected chi connectivity index (χ2v) is 6.76. The molecule has 1 heterocycles. The first kappa shape index (κ1) is 14.2. The zero-order chi connectivity index (χ0) is 14.0. The Kier molecular flexibility index (Phi) is 4.07. The topological polar surface area (TPSA) is 74.8 Å². The fourth-order valence-corrected chi connectivity index (χ4v) is 3.78. The van der Waals surface area contributed by atoms with Crippen LogP contribution in [-0.2, 0) is 10.0 Å². The van der Waals surface area contributed by atoms with Crippen LogP contribution in [0, 0.1) is 6.92 Å². The van der Waals surface area contributed by atoms with Gasteiger partial charge in [0, 0.05) is 10.5 Å². The molecule has 0 fully saturated rings. The first-order valence-corrected chi connectivity index (χ1v) is 7.96. The summed E-state index contributed by atoms with van der Waals surface area (Å²) in [5.41, 5.74) is 1.40. The van der Waals surface area contributed by atoms with Gasteiger partial charge in [-0.05, 0) is 25.5 Å². The van der Waals surface area contributed by atoms with E-state index in [1.54, 1.807) is 13.8 Å². The molecule has 1 atom stereocenters. The van der Waals surface area contributed by atoms with Gasteiger partial charge in [-0.25, -0.2) is 13.1 Å². The molecule has 0 spiro atoms. The molecule has 102 valence electrons. The Morgan fingerprint density at radius 3 is 2.63 bits per heavy atom. The van der Waals surface area contributed by atoms with E-state index in [1.807, 2.05) is 24.3 Å². The van der Waals surface area contributed by atoms with E-state index in [4.69, 9.17) is 0 Å². The van der Waals surface area contributed by atoms with Crippen LogP contribution in [0.25, 0.3) is 0 Å². The van der Waals surface area contributed by atoms with Crippen LogP contribution in [0.3, 0.4) is 0 Å². The van der Waals surface area contributed by atoms with Gasteiger partial charge in [0.15, 0.2) is 0 Å². The third kappa shape index (κ3) is 3.05. The zero-order valence-corrected chi connectivity index (χ0v) is 12.9. The Hall–Kier alpha value is -1.18. The van der Waals surface area contributed by atoms with E-state index < -0.39 is 10.0 Å². The van der Waals surface area contributed by atoms with Crippen LogP contribution in [-0.4, -0.2) is 18.6 Å². The maximum Gasteiger partial charge on any atom is 0.244 e. The third-order valence-corrected chi connectivity index (χ3v) is 5.15. The molecule has 0 aliphatic heterocycles. The number of aryl methyl sites for hydroxylation is 1. The van der Waals surface area contributed by atoms with Crippen molar-refractivity contribution >= 4 is 26.0 Å². The Morgan fingerprint density at radius 2 is 2.05 bits per heavy atom. The van der Waals surface area contributed by atoms with Crippen LogP contribution in [0.1, 0.15) is 24.2 Å². The Labute approximate surface area is 120 Å². The first-order valence-electron chi connectivity index (χ1n) is 5.68. The molecule has 2 N–H and O–H groups in total. The van der Waals surface area contributed by atoms with Gasteiger partial charge < -0.3 is 0 Å². The lowest BCUT2D eigenvalue weighted by Crippen LogP contribution is -2.27. The van der Waals surface area contributed by atoms with Crippen LogP contribution in [0.2, 0.25) is 0 Å². The lowest BCUT2D eigenvalue weighted by atomic mass is 10.1. The van der Waals surface area contributed by atoms with Gasteiger partial charge in [-0.15, -0.1) is 0 Å². The minimum absolute atomic E-state index is 0.173.